The molecule has 0 aromatic heterocycles. The Labute approximate surface area is 191 Å². The molecule has 1 aliphatic carbocycles. The Kier molecular flexibility index (Phi) is 7.46. The molecule has 0 radical (unpaired) electrons. The van der Waals surface area contributed by atoms with Crippen LogP contribution in [0.3, 0.4) is 0 Å². The average Bonchev–Trinajstić information content (AvgIpc) is 2.86. The van der Waals surface area contributed by atoms with Crippen molar-refractivity contribution in [3.8, 4) is 11.5 Å². The fourth-order valence-electron chi connectivity index (χ4n) is 4.79. The van der Waals surface area contributed by atoms with Crippen molar-refractivity contribution in [2.45, 2.75) is 43.6 Å². The van der Waals surface area contributed by atoms with Crippen molar-refractivity contribution in [1.82, 2.24) is 0 Å². The SMILES string of the molecule is COc1ccc2c(c1)CC[C@@H](c1ccccc1)[C@H]2c1ccc(OCCCC(O)CN)cc1. The summed E-state index contributed by atoms with van der Waals surface area (Å²) in [7, 11) is 1.73. The molecule has 3 atom stereocenters. The third-order valence-corrected chi connectivity index (χ3v) is 6.50. The Hall–Kier alpha value is -2.82. The second-order valence-corrected chi connectivity index (χ2v) is 8.55. The van der Waals surface area contributed by atoms with Crippen LogP contribution >= 0.6 is 0 Å². The molecule has 3 aromatic carbocycles. The normalized spacial score (nSPS) is 18.6. The van der Waals surface area contributed by atoms with Gasteiger partial charge in [-0.15, -0.1) is 0 Å². The fraction of sp³-hybridized carbons (Fsp3) is 0.357. The molecule has 0 heterocycles. The van der Waals surface area contributed by atoms with Crippen molar-refractivity contribution >= 4 is 0 Å². The first-order valence-electron chi connectivity index (χ1n) is 11.5. The first kappa shape index (κ1) is 22.4. The lowest BCUT2D eigenvalue weighted by Crippen LogP contribution is -2.20. The van der Waals surface area contributed by atoms with Gasteiger partial charge in [0.1, 0.15) is 11.5 Å². The van der Waals surface area contributed by atoms with Gasteiger partial charge in [-0.05, 0) is 78.1 Å². The van der Waals surface area contributed by atoms with Gasteiger partial charge in [0.05, 0.1) is 19.8 Å². The van der Waals surface area contributed by atoms with Crippen molar-refractivity contribution in [2.75, 3.05) is 20.3 Å². The smallest absolute Gasteiger partial charge is 0.119 e. The van der Waals surface area contributed by atoms with E-state index in [0.717, 1.165) is 30.8 Å². The lowest BCUT2D eigenvalue weighted by atomic mass is 9.69. The summed E-state index contributed by atoms with van der Waals surface area (Å²) in [4.78, 5) is 0. The van der Waals surface area contributed by atoms with E-state index in [1.165, 1.54) is 22.3 Å². The maximum atomic E-state index is 9.58. The lowest BCUT2D eigenvalue weighted by molar-refractivity contribution is 0.160. The largest absolute Gasteiger partial charge is 0.497 e. The molecule has 0 fully saturated rings. The zero-order valence-electron chi connectivity index (χ0n) is 18.7. The quantitative estimate of drug-likeness (QED) is 0.466. The molecule has 0 aliphatic heterocycles. The molecule has 1 aliphatic rings. The highest BCUT2D eigenvalue weighted by molar-refractivity contribution is 5.48. The molecule has 4 heteroatoms. The van der Waals surface area contributed by atoms with Crippen LogP contribution in [0.5, 0.6) is 11.5 Å². The van der Waals surface area contributed by atoms with Gasteiger partial charge in [0.2, 0.25) is 0 Å². The average molecular weight is 432 g/mol. The summed E-state index contributed by atoms with van der Waals surface area (Å²) < 4.78 is 11.4. The highest BCUT2D eigenvalue weighted by Gasteiger charge is 2.32. The molecular formula is C28H33NO3. The van der Waals surface area contributed by atoms with E-state index in [1.54, 1.807) is 7.11 Å². The zero-order valence-corrected chi connectivity index (χ0v) is 18.7. The first-order valence-corrected chi connectivity index (χ1v) is 11.5. The van der Waals surface area contributed by atoms with Crippen LogP contribution < -0.4 is 15.2 Å². The summed E-state index contributed by atoms with van der Waals surface area (Å²) in [5, 5.41) is 9.58. The van der Waals surface area contributed by atoms with Crippen LogP contribution in [-0.2, 0) is 6.42 Å². The van der Waals surface area contributed by atoms with Gasteiger partial charge in [0.25, 0.3) is 0 Å². The number of fused-ring (bicyclic) bond motifs is 1. The third-order valence-electron chi connectivity index (χ3n) is 6.50. The molecule has 3 N–H and O–H groups in total. The van der Waals surface area contributed by atoms with E-state index in [0.29, 0.717) is 31.4 Å². The number of hydrogen-bond acceptors (Lipinski definition) is 4. The van der Waals surface area contributed by atoms with Crippen LogP contribution in [0.4, 0.5) is 0 Å². The molecular weight excluding hydrogens is 398 g/mol. The van der Waals surface area contributed by atoms with Gasteiger partial charge < -0.3 is 20.3 Å². The molecule has 0 spiro atoms. The number of benzene rings is 3. The number of methoxy groups -OCH3 is 1. The minimum Gasteiger partial charge on any atom is -0.497 e. The van der Waals surface area contributed by atoms with Crippen molar-refractivity contribution in [3.63, 3.8) is 0 Å². The standard InChI is InChI=1S/C28H33NO3/c1-31-25-14-16-27-22(18-25)11-15-26(20-6-3-2-4-7-20)28(27)21-9-12-24(13-10-21)32-17-5-8-23(30)19-29/h2-4,6-7,9-10,12-14,16,18,23,26,28,30H,5,8,11,15,17,19,29H2,1H3/t23?,26-,28+/m0/s1. The number of nitrogens with two attached hydrogens (primary N) is 1. The number of ether oxygens (including phenoxy) is 2. The second kappa shape index (κ2) is 10.7. The molecule has 1 unspecified atom stereocenters. The van der Waals surface area contributed by atoms with Gasteiger partial charge >= 0.3 is 0 Å². The summed E-state index contributed by atoms with van der Waals surface area (Å²) >= 11 is 0. The van der Waals surface area contributed by atoms with E-state index in [4.69, 9.17) is 15.2 Å². The molecule has 0 saturated carbocycles. The number of rotatable bonds is 9. The van der Waals surface area contributed by atoms with Gasteiger partial charge in [-0.3, -0.25) is 0 Å². The van der Waals surface area contributed by atoms with Crippen molar-refractivity contribution in [1.29, 1.82) is 0 Å². The van der Waals surface area contributed by atoms with Crippen LogP contribution in [0.1, 0.15) is 53.4 Å². The van der Waals surface area contributed by atoms with Gasteiger partial charge in [0, 0.05) is 12.5 Å². The molecule has 0 saturated heterocycles. The van der Waals surface area contributed by atoms with Crippen molar-refractivity contribution in [3.05, 3.63) is 95.1 Å². The Morgan fingerprint density at radius 2 is 1.72 bits per heavy atom. The summed E-state index contributed by atoms with van der Waals surface area (Å²) in [6.45, 7) is 0.876. The summed E-state index contributed by atoms with van der Waals surface area (Å²) in [5.74, 6) is 2.50. The molecule has 4 nitrogen and oxygen atoms in total. The molecule has 4 rings (SSSR count). The minimum absolute atomic E-state index is 0.292. The van der Waals surface area contributed by atoms with Crippen LogP contribution in [-0.4, -0.2) is 31.5 Å². The highest BCUT2D eigenvalue weighted by atomic mass is 16.5. The van der Waals surface area contributed by atoms with E-state index in [1.807, 2.05) is 0 Å². The highest BCUT2D eigenvalue weighted by Crippen LogP contribution is 2.47. The van der Waals surface area contributed by atoms with E-state index in [9.17, 15) is 5.11 Å². The Morgan fingerprint density at radius 1 is 0.969 bits per heavy atom. The van der Waals surface area contributed by atoms with E-state index < -0.39 is 6.10 Å². The van der Waals surface area contributed by atoms with E-state index in [2.05, 4.69) is 72.8 Å². The first-order chi connectivity index (χ1) is 15.7. The molecule has 32 heavy (non-hydrogen) atoms. The van der Waals surface area contributed by atoms with Crippen LogP contribution in [0.2, 0.25) is 0 Å². The van der Waals surface area contributed by atoms with Gasteiger partial charge in [-0.1, -0.05) is 48.5 Å². The maximum Gasteiger partial charge on any atom is 0.119 e. The van der Waals surface area contributed by atoms with Crippen LogP contribution in [0, 0.1) is 0 Å². The number of aryl methyl sites for hydroxylation is 1. The lowest BCUT2D eigenvalue weighted by Gasteiger charge is -2.35. The van der Waals surface area contributed by atoms with E-state index >= 15 is 0 Å². The zero-order chi connectivity index (χ0) is 22.3. The number of aliphatic hydroxyl groups excluding tert-OH is 1. The molecule has 3 aromatic rings. The van der Waals surface area contributed by atoms with Gasteiger partial charge in [-0.25, -0.2) is 0 Å². The van der Waals surface area contributed by atoms with Crippen molar-refractivity contribution < 1.29 is 14.6 Å². The third kappa shape index (κ3) is 5.14. The topological polar surface area (TPSA) is 64.7 Å². The summed E-state index contributed by atoms with van der Waals surface area (Å²) in [5.41, 5.74) is 10.9. The molecule has 0 bridgehead atoms. The van der Waals surface area contributed by atoms with Crippen LogP contribution in [0.25, 0.3) is 0 Å². The van der Waals surface area contributed by atoms with E-state index in [-0.39, 0.29) is 0 Å². The predicted molar refractivity (Wildman–Crippen MR) is 129 cm³/mol. The summed E-state index contributed by atoms with van der Waals surface area (Å²) in [6.07, 6.45) is 3.17. The molecule has 0 amide bonds. The Morgan fingerprint density at radius 3 is 2.44 bits per heavy atom. The monoisotopic (exact) mass is 431 g/mol. The predicted octanol–water partition coefficient (Wildman–Crippen LogP) is 5.04. The van der Waals surface area contributed by atoms with Gasteiger partial charge in [0.15, 0.2) is 0 Å². The fourth-order valence-corrected chi connectivity index (χ4v) is 4.79. The Bertz CT molecular complexity index is 987. The molecule has 168 valence electrons. The van der Waals surface area contributed by atoms with Crippen molar-refractivity contribution in [2.24, 2.45) is 5.73 Å². The maximum absolute atomic E-state index is 9.58. The summed E-state index contributed by atoms with van der Waals surface area (Å²) in [6, 6.07) is 25.9. The minimum atomic E-state index is -0.444. The van der Waals surface area contributed by atoms with Gasteiger partial charge in [-0.2, -0.15) is 0 Å². The number of aliphatic hydroxyl groups is 1. The number of hydrogen-bond donors (Lipinski definition) is 2. The second-order valence-electron chi connectivity index (χ2n) is 8.55. The van der Waals surface area contributed by atoms with Crippen LogP contribution in [0.15, 0.2) is 72.8 Å². The Balaban J connectivity index is 1.57.